The summed E-state index contributed by atoms with van der Waals surface area (Å²) in [4.78, 5) is 0.894. The Morgan fingerprint density at radius 2 is 1.81 bits per heavy atom. The van der Waals surface area contributed by atoms with E-state index in [9.17, 15) is 4.21 Å². The minimum atomic E-state index is -0.993. The summed E-state index contributed by atoms with van der Waals surface area (Å²) in [6, 6.07) is 16.3. The van der Waals surface area contributed by atoms with E-state index in [-0.39, 0.29) is 6.04 Å². The second-order valence-corrected chi connectivity index (χ2v) is 6.79. The third kappa shape index (κ3) is 4.26. The molecule has 21 heavy (non-hydrogen) atoms. The van der Waals surface area contributed by atoms with Crippen molar-refractivity contribution in [2.75, 3.05) is 12.3 Å². The van der Waals surface area contributed by atoms with Gasteiger partial charge in [0.2, 0.25) is 0 Å². The molecule has 0 aliphatic rings. The minimum absolute atomic E-state index is 0.121. The molecule has 2 unspecified atom stereocenters. The molecule has 0 amide bonds. The molecule has 0 aliphatic carbocycles. The molecule has 2 nitrogen and oxygen atoms in total. The maximum absolute atomic E-state index is 12.6. The van der Waals surface area contributed by atoms with Crippen LogP contribution in [0.1, 0.15) is 29.7 Å². The van der Waals surface area contributed by atoms with E-state index in [0.717, 1.165) is 11.4 Å². The van der Waals surface area contributed by atoms with E-state index in [2.05, 4.69) is 44.3 Å². The van der Waals surface area contributed by atoms with Gasteiger partial charge in [-0.05, 0) is 43.7 Å². The fourth-order valence-corrected chi connectivity index (χ4v) is 3.71. The summed E-state index contributed by atoms with van der Waals surface area (Å²) in [7, 11) is -0.993. The zero-order chi connectivity index (χ0) is 15.2. The van der Waals surface area contributed by atoms with Gasteiger partial charge in [-0.1, -0.05) is 48.9 Å². The molecule has 2 aromatic carbocycles. The predicted octanol–water partition coefficient (Wildman–Crippen LogP) is 3.76. The highest BCUT2D eigenvalue weighted by Gasteiger charge is 2.17. The first-order chi connectivity index (χ1) is 10.1. The smallest absolute Gasteiger partial charge is 0.0548 e. The highest BCUT2D eigenvalue weighted by molar-refractivity contribution is 7.85. The molecule has 2 rings (SSSR count). The third-order valence-electron chi connectivity index (χ3n) is 3.58. The fraction of sp³-hybridized carbons (Fsp3) is 0.333. The van der Waals surface area contributed by atoms with E-state index in [1.54, 1.807) is 0 Å². The Hall–Kier alpha value is -1.45. The summed E-state index contributed by atoms with van der Waals surface area (Å²) >= 11 is 0. The lowest BCUT2D eigenvalue weighted by Gasteiger charge is -2.20. The molecule has 3 heteroatoms. The largest absolute Gasteiger partial charge is 0.309 e. The van der Waals surface area contributed by atoms with Crippen LogP contribution in [-0.4, -0.2) is 16.5 Å². The maximum atomic E-state index is 12.6. The van der Waals surface area contributed by atoms with Crippen molar-refractivity contribution in [3.05, 3.63) is 65.2 Å². The third-order valence-corrected chi connectivity index (χ3v) is 5.02. The fourth-order valence-electron chi connectivity index (χ4n) is 2.46. The van der Waals surface area contributed by atoms with Gasteiger partial charge in [-0.25, -0.2) is 0 Å². The zero-order valence-electron chi connectivity index (χ0n) is 12.9. The van der Waals surface area contributed by atoms with Crippen LogP contribution in [-0.2, 0) is 10.8 Å². The summed E-state index contributed by atoms with van der Waals surface area (Å²) in [5.74, 6) is 0.599. The Bertz CT molecular complexity index is 610. The molecule has 0 bridgehead atoms. The summed E-state index contributed by atoms with van der Waals surface area (Å²) in [6.45, 7) is 7.16. The molecular weight excluding hydrogens is 278 g/mol. The van der Waals surface area contributed by atoms with Crippen molar-refractivity contribution in [2.24, 2.45) is 0 Å². The van der Waals surface area contributed by atoms with Crippen molar-refractivity contribution >= 4 is 10.8 Å². The van der Waals surface area contributed by atoms with Gasteiger partial charge in [0.15, 0.2) is 0 Å². The second kappa shape index (κ2) is 7.53. The van der Waals surface area contributed by atoms with Crippen LogP contribution < -0.4 is 5.32 Å². The van der Waals surface area contributed by atoms with Gasteiger partial charge >= 0.3 is 0 Å². The van der Waals surface area contributed by atoms with Crippen LogP contribution in [0.3, 0.4) is 0 Å². The Morgan fingerprint density at radius 1 is 1.10 bits per heavy atom. The Kier molecular flexibility index (Phi) is 5.71. The summed E-state index contributed by atoms with van der Waals surface area (Å²) in [6.07, 6.45) is 0. The van der Waals surface area contributed by atoms with E-state index in [1.807, 2.05) is 30.3 Å². The first-order valence-corrected chi connectivity index (χ1v) is 8.67. The topological polar surface area (TPSA) is 29.1 Å². The van der Waals surface area contributed by atoms with Gasteiger partial charge in [0.05, 0.1) is 10.8 Å². The first-order valence-electron chi connectivity index (χ1n) is 7.35. The van der Waals surface area contributed by atoms with Crippen LogP contribution in [0.2, 0.25) is 0 Å². The van der Waals surface area contributed by atoms with Crippen molar-refractivity contribution in [3.8, 4) is 0 Å². The molecule has 0 spiro atoms. The van der Waals surface area contributed by atoms with Crippen molar-refractivity contribution in [2.45, 2.75) is 31.7 Å². The summed E-state index contributed by atoms with van der Waals surface area (Å²) < 4.78 is 12.6. The van der Waals surface area contributed by atoms with Crippen molar-refractivity contribution in [1.82, 2.24) is 5.32 Å². The van der Waals surface area contributed by atoms with Crippen LogP contribution in [0.4, 0.5) is 0 Å². The molecule has 0 fully saturated rings. The van der Waals surface area contributed by atoms with Crippen LogP contribution >= 0.6 is 0 Å². The number of hydrogen-bond acceptors (Lipinski definition) is 2. The van der Waals surface area contributed by atoms with Crippen molar-refractivity contribution < 1.29 is 4.21 Å². The van der Waals surface area contributed by atoms with Crippen LogP contribution in [0, 0.1) is 13.8 Å². The molecule has 112 valence electrons. The quantitative estimate of drug-likeness (QED) is 0.880. The van der Waals surface area contributed by atoms with Gasteiger partial charge in [-0.15, -0.1) is 0 Å². The highest BCUT2D eigenvalue weighted by Crippen LogP contribution is 2.22. The van der Waals surface area contributed by atoms with Crippen LogP contribution in [0.25, 0.3) is 0 Å². The number of aryl methyl sites for hydroxylation is 2. The standard InChI is InChI=1S/C18H23NOS/c1-4-19-18(17-12-14(2)10-11-15(17)3)13-21(20)16-8-6-5-7-9-16/h5-12,18-19H,4,13H2,1-3H3. The van der Waals surface area contributed by atoms with Gasteiger partial charge < -0.3 is 5.32 Å². The Labute approximate surface area is 130 Å². The van der Waals surface area contributed by atoms with Gasteiger partial charge in [-0.3, -0.25) is 4.21 Å². The van der Waals surface area contributed by atoms with E-state index in [1.165, 1.54) is 16.7 Å². The van der Waals surface area contributed by atoms with E-state index in [4.69, 9.17) is 0 Å². The predicted molar refractivity (Wildman–Crippen MR) is 90.1 cm³/mol. The average Bonchev–Trinajstić information content (AvgIpc) is 2.50. The van der Waals surface area contributed by atoms with E-state index >= 15 is 0 Å². The lowest BCUT2D eigenvalue weighted by atomic mass is 10.00. The normalized spacial score (nSPS) is 13.9. The molecule has 0 aliphatic heterocycles. The lowest BCUT2D eigenvalue weighted by molar-refractivity contribution is 0.591. The van der Waals surface area contributed by atoms with Gasteiger partial charge in [-0.2, -0.15) is 0 Å². The van der Waals surface area contributed by atoms with Gasteiger partial charge in [0, 0.05) is 16.7 Å². The SMILES string of the molecule is CCNC(CS(=O)c1ccccc1)c1cc(C)ccc1C. The Balaban J connectivity index is 2.23. The molecule has 2 atom stereocenters. The molecule has 0 aromatic heterocycles. The number of hydrogen-bond donors (Lipinski definition) is 1. The van der Waals surface area contributed by atoms with Crippen molar-refractivity contribution in [1.29, 1.82) is 0 Å². The van der Waals surface area contributed by atoms with Gasteiger partial charge in [0.1, 0.15) is 0 Å². The van der Waals surface area contributed by atoms with Gasteiger partial charge in [0.25, 0.3) is 0 Å². The number of nitrogens with one attached hydrogen (secondary N) is 1. The van der Waals surface area contributed by atoms with Crippen molar-refractivity contribution in [3.63, 3.8) is 0 Å². The monoisotopic (exact) mass is 301 g/mol. The highest BCUT2D eigenvalue weighted by atomic mass is 32.2. The van der Waals surface area contributed by atoms with E-state index in [0.29, 0.717) is 5.75 Å². The average molecular weight is 301 g/mol. The minimum Gasteiger partial charge on any atom is -0.309 e. The van der Waals surface area contributed by atoms with Crippen LogP contribution in [0.5, 0.6) is 0 Å². The lowest BCUT2D eigenvalue weighted by Crippen LogP contribution is -2.27. The zero-order valence-corrected chi connectivity index (χ0v) is 13.7. The van der Waals surface area contributed by atoms with E-state index < -0.39 is 10.8 Å². The summed E-state index contributed by atoms with van der Waals surface area (Å²) in [5, 5.41) is 3.47. The summed E-state index contributed by atoms with van der Waals surface area (Å²) in [5.41, 5.74) is 3.74. The second-order valence-electron chi connectivity index (χ2n) is 5.30. The molecule has 0 radical (unpaired) electrons. The molecular formula is C18H23NOS. The first kappa shape index (κ1) is 15.9. The molecule has 1 N–H and O–H groups in total. The molecule has 2 aromatic rings. The number of rotatable bonds is 6. The molecule has 0 saturated carbocycles. The van der Waals surface area contributed by atoms with Crippen LogP contribution in [0.15, 0.2) is 53.4 Å². The molecule has 0 heterocycles. The maximum Gasteiger partial charge on any atom is 0.0548 e. The Morgan fingerprint density at radius 3 is 2.48 bits per heavy atom. The molecule has 0 saturated heterocycles. The number of benzene rings is 2.